The van der Waals surface area contributed by atoms with E-state index in [1.165, 1.54) is 0 Å². The number of nitrogens with one attached hydrogen (secondary N) is 1. The van der Waals surface area contributed by atoms with Gasteiger partial charge >= 0.3 is 5.97 Å². The van der Waals surface area contributed by atoms with E-state index in [9.17, 15) is 14.7 Å². The lowest BCUT2D eigenvalue weighted by molar-refractivity contribution is -0.147. The van der Waals surface area contributed by atoms with Crippen molar-refractivity contribution in [3.63, 3.8) is 0 Å². The van der Waals surface area contributed by atoms with Crippen molar-refractivity contribution in [2.45, 2.75) is 46.1 Å². The summed E-state index contributed by atoms with van der Waals surface area (Å²) in [6.07, 6.45) is 6.40. The fourth-order valence-corrected chi connectivity index (χ4v) is 2.88. The Morgan fingerprint density at radius 2 is 2.14 bits per heavy atom. The number of carboxylic acid groups (broad SMARTS) is 1. The van der Waals surface area contributed by atoms with E-state index in [2.05, 4.69) is 10.3 Å². The van der Waals surface area contributed by atoms with Gasteiger partial charge in [0, 0.05) is 25.5 Å². The molecular weight excluding hydrogens is 270 g/mol. The monoisotopic (exact) mass is 293 g/mol. The van der Waals surface area contributed by atoms with Crippen LogP contribution in [-0.2, 0) is 11.3 Å². The van der Waals surface area contributed by atoms with Crippen LogP contribution in [0.2, 0.25) is 0 Å². The molecule has 1 saturated carbocycles. The first-order valence-corrected chi connectivity index (χ1v) is 7.47. The molecule has 2 rings (SSSR count). The molecule has 1 aliphatic rings. The average molecular weight is 293 g/mol. The zero-order valence-corrected chi connectivity index (χ0v) is 12.6. The van der Waals surface area contributed by atoms with E-state index >= 15 is 0 Å². The number of carboxylic acids is 1. The molecule has 0 saturated heterocycles. The Hall–Kier alpha value is -1.85. The molecular formula is C15H23N3O3. The van der Waals surface area contributed by atoms with Gasteiger partial charge in [-0.25, -0.2) is 4.98 Å². The molecule has 0 aliphatic heterocycles. The molecule has 0 amide bonds. The average Bonchev–Trinajstić information content (AvgIpc) is 2.89. The Labute approximate surface area is 124 Å². The summed E-state index contributed by atoms with van der Waals surface area (Å²) in [6, 6.07) is 0. The maximum absolute atomic E-state index is 12.3. The first-order chi connectivity index (χ1) is 9.94. The molecule has 2 N–H and O–H groups in total. The lowest BCUT2D eigenvalue weighted by Gasteiger charge is -2.24. The lowest BCUT2D eigenvalue weighted by atomic mass is 9.86. The van der Waals surface area contributed by atoms with E-state index in [1.807, 2.05) is 13.8 Å². The summed E-state index contributed by atoms with van der Waals surface area (Å²) in [4.78, 5) is 27.8. The summed E-state index contributed by atoms with van der Waals surface area (Å²) in [5.74, 6) is -0.185. The highest BCUT2D eigenvalue weighted by molar-refractivity contribution is 5.75. The Balaban J connectivity index is 2.13. The second kappa shape index (κ2) is 6.28. The van der Waals surface area contributed by atoms with Crippen molar-refractivity contribution in [1.29, 1.82) is 0 Å². The van der Waals surface area contributed by atoms with Gasteiger partial charge < -0.3 is 15.0 Å². The molecule has 1 aliphatic carbocycles. The summed E-state index contributed by atoms with van der Waals surface area (Å²) in [6.45, 7) is 4.96. The number of nitrogens with zero attached hydrogens (tertiary/aromatic N) is 2. The maximum atomic E-state index is 12.3. The van der Waals surface area contributed by atoms with Gasteiger partial charge in [-0.05, 0) is 18.8 Å². The van der Waals surface area contributed by atoms with Gasteiger partial charge in [-0.2, -0.15) is 0 Å². The molecule has 0 aromatic carbocycles. The summed E-state index contributed by atoms with van der Waals surface area (Å²) >= 11 is 0. The van der Waals surface area contributed by atoms with Gasteiger partial charge in [0.2, 0.25) is 0 Å². The first kappa shape index (κ1) is 15.5. The van der Waals surface area contributed by atoms with Crippen LogP contribution in [0.3, 0.4) is 0 Å². The van der Waals surface area contributed by atoms with E-state index in [-0.39, 0.29) is 17.9 Å². The molecule has 0 radical (unpaired) electrons. The SMILES string of the molecule is CC(C)Cn1ccnc(NCC2(C(=O)O)CCCC2)c1=O. The van der Waals surface area contributed by atoms with E-state index in [0.717, 1.165) is 12.8 Å². The predicted octanol–water partition coefficient (Wildman–Crippen LogP) is 1.96. The third kappa shape index (κ3) is 3.43. The van der Waals surface area contributed by atoms with Gasteiger partial charge in [-0.15, -0.1) is 0 Å². The number of hydrogen-bond donors (Lipinski definition) is 2. The minimum absolute atomic E-state index is 0.190. The second-order valence-electron chi connectivity index (χ2n) is 6.27. The van der Waals surface area contributed by atoms with Crippen LogP contribution in [0, 0.1) is 11.3 Å². The zero-order valence-electron chi connectivity index (χ0n) is 12.6. The fraction of sp³-hybridized carbons (Fsp3) is 0.667. The highest BCUT2D eigenvalue weighted by Gasteiger charge is 2.41. The molecule has 6 nitrogen and oxygen atoms in total. The van der Waals surface area contributed by atoms with Crippen molar-refractivity contribution in [3.8, 4) is 0 Å². The van der Waals surface area contributed by atoms with Gasteiger partial charge in [0.15, 0.2) is 5.82 Å². The van der Waals surface area contributed by atoms with Crippen LogP contribution in [0.15, 0.2) is 17.2 Å². The van der Waals surface area contributed by atoms with Gasteiger partial charge in [-0.3, -0.25) is 9.59 Å². The summed E-state index contributed by atoms with van der Waals surface area (Å²) in [7, 11) is 0. The van der Waals surface area contributed by atoms with E-state index in [0.29, 0.717) is 25.3 Å². The Morgan fingerprint density at radius 3 is 2.71 bits per heavy atom. The molecule has 0 unspecified atom stereocenters. The quantitative estimate of drug-likeness (QED) is 0.837. The number of rotatable bonds is 6. The maximum Gasteiger partial charge on any atom is 0.311 e. The predicted molar refractivity (Wildman–Crippen MR) is 80.4 cm³/mol. The van der Waals surface area contributed by atoms with Crippen LogP contribution in [0.4, 0.5) is 5.82 Å². The molecule has 1 aromatic heterocycles. The summed E-state index contributed by atoms with van der Waals surface area (Å²) in [5.41, 5.74) is -0.947. The third-order valence-electron chi connectivity index (χ3n) is 4.08. The molecule has 0 spiro atoms. The molecule has 21 heavy (non-hydrogen) atoms. The highest BCUT2D eigenvalue weighted by atomic mass is 16.4. The molecule has 116 valence electrons. The largest absolute Gasteiger partial charge is 0.481 e. The molecule has 1 heterocycles. The minimum Gasteiger partial charge on any atom is -0.481 e. The molecule has 1 aromatic rings. The Morgan fingerprint density at radius 1 is 1.48 bits per heavy atom. The van der Waals surface area contributed by atoms with E-state index in [4.69, 9.17) is 0 Å². The van der Waals surface area contributed by atoms with Crippen molar-refractivity contribution < 1.29 is 9.90 Å². The van der Waals surface area contributed by atoms with Crippen molar-refractivity contribution in [3.05, 3.63) is 22.7 Å². The van der Waals surface area contributed by atoms with Gasteiger partial charge in [0.1, 0.15) is 0 Å². The number of aliphatic carboxylic acids is 1. The lowest BCUT2D eigenvalue weighted by Crippen LogP contribution is -2.37. The number of hydrogen-bond acceptors (Lipinski definition) is 4. The van der Waals surface area contributed by atoms with Crippen LogP contribution < -0.4 is 10.9 Å². The Bertz CT molecular complexity index is 560. The van der Waals surface area contributed by atoms with Gasteiger partial charge in [0.05, 0.1) is 5.41 Å². The normalized spacial score (nSPS) is 17.1. The summed E-state index contributed by atoms with van der Waals surface area (Å²) in [5, 5.41) is 12.4. The molecule has 1 fully saturated rings. The first-order valence-electron chi connectivity index (χ1n) is 7.47. The molecule has 0 bridgehead atoms. The number of carbonyl (C=O) groups is 1. The van der Waals surface area contributed by atoms with Gasteiger partial charge in [0.25, 0.3) is 5.56 Å². The third-order valence-corrected chi connectivity index (χ3v) is 4.08. The zero-order chi connectivity index (χ0) is 15.5. The van der Waals surface area contributed by atoms with Crippen molar-refractivity contribution >= 4 is 11.8 Å². The number of anilines is 1. The summed E-state index contributed by atoms with van der Waals surface area (Å²) < 4.78 is 1.61. The van der Waals surface area contributed by atoms with Crippen LogP contribution in [0.25, 0.3) is 0 Å². The van der Waals surface area contributed by atoms with E-state index < -0.39 is 11.4 Å². The fourth-order valence-electron chi connectivity index (χ4n) is 2.88. The second-order valence-corrected chi connectivity index (χ2v) is 6.27. The minimum atomic E-state index is -0.786. The van der Waals surface area contributed by atoms with Crippen LogP contribution in [0.1, 0.15) is 39.5 Å². The standard InChI is InChI=1S/C15H23N3O3/c1-11(2)9-18-8-7-16-12(13(18)19)17-10-15(14(20)21)5-3-4-6-15/h7-8,11H,3-6,9-10H2,1-2H3,(H,16,17)(H,20,21). The van der Waals surface area contributed by atoms with Crippen LogP contribution in [-0.4, -0.2) is 27.2 Å². The highest BCUT2D eigenvalue weighted by Crippen LogP contribution is 2.38. The smallest absolute Gasteiger partial charge is 0.311 e. The van der Waals surface area contributed by atoms with Crippen molar-refractivity contribution in [2.24, 2.45) is 11.3 Å². The van der Waals surface area contributed by atoms with Crippen LogP contribution >= 0.6 is 0 Å². The van der Waals surface area contributed by atoms with Crippen molar-refractivity contribution in [1.82, 2.24) is 9.55 Å². The molecule has 0 atom stereocenters. The molecule has 6 heteroatoms. The van der Waals surface area contributed by atoms with E-state index in [1.54, 1.807) is 17.0 Å². The topological polar surface area (TPSA) is 84.2 Å². The number of aromatic nitrogens is 2. The van der Waals surface area contributed by atoms with Gasteiger partial charge in [-0.1, -0.05) is 26.7 Å². The Kier molecular flexibility index (Phi) is 4.65. The van der Waals surface area contributed by atoms with Crippen LogP contribution in [0.5, 0.6) is 0 Å². The van der Waals surface area contributed by atoms with Crippen molar-refractivity contribution in [2.75, 3.05) is 11.9 Å².